The Balaban J connectivity index is 0.00000132. The van der Waals surface area contributed by atoms with Gasteiger partial charge in [-0.3, -0.25) is 9.59 Å². The summed E-state index contributed by atoms with van der Waals surface area (Å²) in [6.07, 6.45) is 1.15. The van der Waals surface area contributed by atoms with Crippen molar-refractivity contribution in [2.24, 2.45) is 7.05 Å². The molecule has 0 atom stereocenters. The van der Waals surface area contributed by atoms with E-state index in [4.69, 9.17) is 4.74 Å². The number of anilines is 1. The van der Waals surface area contributed by atoms with E-state index in [1.807, 2.05) is 18.7 Å². The van der Waals surface area contributed by atoms with Crippen LogP contribution in [0.3, 0.4) is 0 Å². The largest absolute Gasteiger partial charge is 0.493 e. The SMILES string of the molecule is CC.COc1cc(F)cnc1N1CCN(C(=O)c2nn(C)c(=O)c3ccccc23)CC1. The summed E-state index contributed by atoms with van der Waals surface area (Å²) in [5, 5.41) is 5.23. The van der Waals surface area contributed by atoms with Crippen LogP contribution in [0.15, 0.2) is 41.3 Å². The average Bonchev–Trinajstić information content (AvgIpc) is 2.82. The van der Waals surface area contributed by atoms with Crippen molar-refractivity contribution in [2.45, 2.75) is 13.8 Å². The van der Waals surface area contributed by atoms with Gasteiger partial charge < -0.3 is 14.5 Å². The normalized spacial score (nSPS) is 13.6. The van der Waals surface area contributed by atoms with E-state index in [1.54, 1.807) is 29.2 Å². The van der Waals surface area contributed by atoms with Crippen molar-refractivity contribution in [3.8, 4) is 5.75 Å². The third kappa shape index (κ3) is 4.35. The summed E-state index contributed by atoms with van der Waals surface area (Å²) in [7, 11) is 3.01. The van der Waals surface area contributed by atoms with Gasteiger partial charge in [-0.2, -0.15) is 5.10 Å². The van der Waals surface area contributed by atoms with Gasteiger partial charge in [0.1, 0.15) is 5.82 Å². The van der Waals surface area contributed by atoms with E-state index in [2.05, 4.69) is 10.1 Å². The number of aryl methyl sites for hydroxylation is 1. The first kappa shape index (κ1) is 22.2. The van der Waals surface area contributed by atoms with Crippen molar-refractivity contribution in [1.82, 2.24) is 19.7 Å². The molecule has 1 fully saturated rings. The van der Waals surface area contributed by atoms with Crippen LogP contribution in [0.5, 0.6) is 5.75 Å². The lowest BCUT2D eigenvalue weighted by Crippen LogP contribution is -2.49. The summed E-state index contributed by atoms with van der Waals surface area (Å²) in [6.45, 7) is 5.93. The number of hydrogen-bond acceptors (Lipinski definition) is 6. The first-order chi connectivity index (χ1) is 15.0. The predicted molar refractivity (Wildman–Crippen MR) is 117 cm³/mol. The van der Waals surface area contributed by atoms with E-state index in [1.165, 1.54) is 24.9 Å². The number of fused-ring (bicyclic) bond motifs is 1. The molecule has 0 N–H and O–H groups in total. The quantitative estimate of drug-likeness (QED) is 0.639. The lowest BCUT2D eigenvalue weighted by atomic mass is 10.1. The molecule has 3 heterocycles. The molecular weight excluding hydrogens is 401 g/mol. The lowest BCUT2D eigenvalue weighted by molar-refractivity contribution is 0.0740. The molecule has 4 rings (SSSR count). The van der Waals surface area contributed by atoms with Crippen LogP contribution in [-0.4, -0.2) is 58.9 Å². The van der Waals surface area contributed by atoms with Gasteiger partial charge in [0.05, 0.1) is 18.7 Å². The molecule has 164 valence electrons. The third-order valence-corrected chi connectivity index (χ3v) is 5.04. The highest BCUT2D eigenvalue weighted by molar-refractivity contribution is 6.04. The average molecular weight is 427 g/mol. The summed E-state index contributed by atoms with van der Waals surface area (Å²) in [6, 6.07) is 8.27. The fraction of sp³-hybridized carbons (Fsp3) is 0.364. The van der Waals surface area contributed by atoms with Crippen molar-refractivity contribution in [3.05, 3.63) is 58.4 Å². The Morgan fingerprint density at radius 2 is 1.74 bits per heavy atom. The van der Waals surface area contributed by atoms with Crippen molar-refractivity contribution in [3.63, 3.8) is 0 Å². The topological polar surface area (TPSA) is 80.6 Å². The Labute approximate surface area is 179 Å². The van der Waals surface area contributed by atoms with Gasteiger partial charge in [0, 0.05) is 44.7 Å². The minimum absolute atomic E-state index is 0.226. The van der Waals surface area contributed by atoms with Crippen LogP contribution in [-0.2, 0) is 7.05 Å². The molecule has 1 saturated heterocycles. The number of amides is 1. The maximum atomic E-state index is 13.4. The van der Waals surface area contributed by atoms with Crippen LogP contribution in [0.25, 0.3) is 10.8 Å². The van der Waals surface area contributed by atoms with Crippen LogP contribution >= 0.6 is 0 Å². The van der Waals surface area contributed by atoms with Crippen LogP contribution in [0.1, 0.15) is 24.3 Å². The highest BCUT2D eigenvalue weighted by Crippen LogP contribution is 2.27. The van der Waals surface area contributed by atoms with Crippen LogP contribution in [0.2, 0.25) is 0 Å². The van der Waals surface area contributed by atoms with Gasteiger partial charge in [0.25, 0.3) is 11.5 Å². The van der Waals surface area contributed by atoms with Crippen LogP contribution in [0.4, 0.5) is 10.2 Å². The third-order valence-electron chi connectivity index (χ3n) is 5.04. The number of nitrogens with zero attached hydrogens (tertiary/aromatic N) is 5. The monoisotopic (exact) mass is 427 g/mol. The fourth-order valence-electron chi connectivity index (χ4n) is 3.53. The lowest BCUT2D eigenvalue weighted by Gasteiger charge is -2.35. The molecule has 0 bridgehead atoms. The van der Waals surface area contributed by atoms with Crippen molar-refractivity contribution < 1.29 is 13.9 Å². The number of carbonyl (C=O) groups excluding carboxylic acids is 1. The highest BCUT2D eigenvalue weighted by Gasteiger charge is 2.27. The number of benzene rings is 1. The van der Waals surface area contributed by atoms with Crippen molar-refractivity contribution >= 4 is 22.5 Å². The molecule has 0 saturated carbocycles. The first-order valence-electron chi connectivity index (χ1n) is 10.2. The van der Waals surface area contributed by atoms with Gasteiger partial charge in [-0.25, -0.2) is 14.1 Å². The van der Waals surface area contributed by atoms with Gasteiger partial charge in [-0.1, -0.05) is 32.0 Å². The molecule has 1 aliphatic heterocycles. The second-order valence-electron chi connectivity index (χ2n) is 6.78. The minimum Gasteiger partial charge on any atom is -0.493 e. The molecule has 0 radical (unpaired) electrons. The fourth-order valence-corrected chi connectivity index (χ4v) is 3.53. The zero-order chi connectivity index (χ0) is 22.5. The molecule has 1 amide bonds. The Hall–Kier alpha value is -3.49. The number of aromatic nitrogens is 3. The number of carbonyl (C=O) groups is 1. The molecule has 0 aliphatic carbocycles. The molecule has 9 heteroatoms. The minimum atomic E-state index is -0.466. The van der Waals surface area contributed by atoms with E-state index >= 15 is 0 Å². The number of rotatable bonds is 3. The summed E-state index contributed by atoms with van der Waals surface area (Å²) in [5.74, 6) is 0.213. The van der Waals surface area contributed by atoms with E-state index in [9.17, 15) is 14.0 Å². The molecular formula is C22H26FN5O3. The summed E-state index contributed by atoms with van der Waals surface area (Å²) < 4.78 is 19.8. The zero-order valence-corrected chi connectivity index (χ0v) is 18.1. The Kier molecular flexibility index (Phi) is 6.84. The number of piperazine rings is 1. The number of ether oxygens (including phenoxy) is 1. The van der Waals surface area contributed by atoms with E-state index in [0.717, 1.165) is 6.20 Å². The number of halogens is 1. The first-order valence-corrected chi connectivity index (χ1v) is 10.2. The molecule has 31 heavy (non-hydrogen) atoms. The Morgan fingerprint density at radius 3 is 2.39 bits per heavy atom. The van der Waals surface area contributed by atoms with Gasteiger partial charge in [0.2, 0.25) is 0 Å². The smallest absolute Gasteiger partial charge is 0.275 e. The van der Waals surface area contributed by atoms with Gasteiger partial charge in [0.15, 0.2) is 17.3 Å². The highest BCUT2D eigenvalue weighted by atomic mass is 19.1. The molecule has 3 aromatic rings. The van der Waals surface area contributed by atoms with E-state index < -0.39 is 5.82 Å². The molecule has 8 nitrogen and oxygen atoms in total. The number of pyridine rings is 1. The summed E-state index contributed by atoms with van der Waals surface area (Å²) in [4.78, 5) is 33.2. The van der Waals surface area contributed by atoms with E-state index in [0.29, 0.717) is 48.5 Å². The maximum Gasteiger partial charge on any atom is 0.275 e. The van der Waals surface area contributed by atoms with Crippen molar-refractivity contribution in [1.29, 1.82) is 0 Å². The second kappa shape index (κ2) is 9.55. The molecule has 1 aliphatic rings. The van der Waals surface area contributed by atoms with Crippen LogP contribution < -0.4 is 15.2 Å². The van der Waals surface area contributed by atoms with E-state index in [-0.39, 0.29) is 17.2 Å². The Morgan fingerprint density at radius 1 is 1.10 bits per heavy atom. The van der Waals surface area contributed by atoms with Crippen molar-refractivity contribution in [2.75, 3.05) is 38.2 Å². The number of methoxy groups -OCH3 is 1. The zero-order valence-electron chi connectivity index (χ0n) is 18.1. The standard InChI is InChI=1S/C20H20FN5O3.C2H6/c1-24-19(27)15-6-4-3-5-14(15)17(23-24)20(28)26-9-7-25(8-10-26)18-16(29-2)11-13(21)12-22-18;1-2/h3-6,11-12H,7-10H2,1-2H3;1-2H3. The molecule has 1 aromatic carbocycles. The van der Waals surface area contributed by atoms with Gasteiger partial charge in [-0.15, -0.1) is 0 Å². The number of hydrogen-bond donors (Lipinski definition) is 0. The summed E-state index contributed by atoms with van der Waals surface area (Å²) in [5.41, 5.74) is 0.0186. The van der Waals surface area contributed by atoms with Crippen LogP contribution in [0, 0.1) is 5.82 Å². The summed E-state index contributed by atoms with van der Waals surface area (Å²) >= 11 is 0. The van der Waals surface area contributed by atoms with Gasteiger partial charge in [-0.05, 0) is 6.07 Å². The second-order valence-corrected chi connectivity index (χ2v) is 6.78. The predicted octanol–water partition coefficient (Wildman–Crippen LogP) is 2.46. The maximum absolute atomic E-state index is 13.4. The molecule has 0 spiro atoms. The molecule has 0 unspecified atom stereocenters. The molecule has 2 aromatic heterocycles. The van der Waals surface area contributed by atoms with Gasteiger partial charge >= 0.3 is 0 Å². The Bertz CT molecular complexity index is 1140.